The molecule has 0 bridgehead atoms. The van der Waals surface area contributed by atoms with Gasteiger partial charge in [-0.15, -0.1) is 0 Å². The molecule has 0 aliphatic rings. The van der Waals surface area contributed by atoms with Gasteiger partial charge in [0.2, 0.25) is 0 Å². The van der Waals surface area contributed by atoms with E-state index in [-0.39, 0.29) is 0 Å². The quantitative estimate of drug-likeness (QED) is 0.537. The van der Waals surface area contributed by atoms with Gasteiger partial charge in [-0.05, 0) is 0 Å². The van der Waals surface area contributed by atoms with Crippen LogP contribution >= 0.6 is 0 Å². The van der Waals surface area contributed by atoms with E-state index in [0.717, 1.165) is 0 Å². The molecule has 55 valence electrons. The SMILES string of the molecule is [CH2]OC(CF)C(F)(F)F. The van der Waals surface area contributed by atoms with Crippen LogP contribution in [0.5, 0.6) is 0 Å². The van der Waals surface area contributed by atoms with Gasteiger partial charge in [-0.1, -0.05) is 0 Å². The van der Waals surface area contributed by atoms with Gasteiger partial charge in [-0.2, -0.15) is 13.2 Å². The van der Waals surface area contributed by atoms with E-state index < -0.39 is 19.0 Å². The van der Waals surface area contributed by atoms with E-state index in [0.29, 0.717) is 0 Å². The molecule has 0 aliphatic carbocycles. The normalized spacial score (nSPS) is 15.7. The molecule has 0 heterocycles. The molecule has 0 saturated carbocycles. The highest BCUT2D eigenvalue weighted by Gasteiger charge is 2.39. The third-order valence-electron chi connectivity index (χ3n) is 0.706. The largest absolute Gasteiger partial charge is 0.417 e. The second-order valence-electron chi connectivity index (χ2n) is 1.35. The Labute approximate surface area is 49.6 Å². The summed E-state index contributed by atoms with van der Waals surface area (Å²) in [6.45, 7) is -1.59. The minimum atomic E-state index is -4.64. The molecule has 0 fully saturated rings. The molecule has 5 heteroatoms. The monoisotopic (exact) mass is 145 g/mol. The molecular formula is C4H5F4O. The molecule has 0 aromatic heterocycles. The van der Waals surface area contributed by atoms with Gasteiger partial charge < -0.3 is 4.74 Å². The summed E-state index contributed by atoms with van der Waals surface area (Å²) in [7, 11) is 2.46. The summed E-state index contributed by atoms with van der Waals surface area (Å²) in [4.78, 5) is 0. The van der Waals surface area contributed by atoms with E-state index in [4.69, 9.17) is 0 Å². The summed E-state index contributed by atoms with van der Waals surface area (Å²) in [5.74, 6) is 0. The molecule has 1 unspecified atom stereocenters. The first kappa shape index (κ1) is 8.68. The van der Waals surface area contributed by atoms with Gasteiger partial charge in [0.05, 0.1) is 7.11 Å². The molecular weight excluding hydrogens is 140 g/mol. The van der Waals surface area contributed by atoms with Gasteiger partial charge in [0, 0.05) is 0 Å². The molecule has 0 N–H and O–H groups in total. The molecule has 0 aromatic rings. The fourth-order valence-electron chi connectivity index (χ4n) is 0.227. The Bertz CT molecular complexity index is 75.1. The molecule has 0 saturated heterocycles. The maximum absolute atomic E-state index is 11.3. The number of alkyl halides is 4. The Morgan fingerprint density at radius 3 is 1.89 bits per heavy atom. The highest BCUT2D eigenvalue weighted by Crippen LogP contribution is 2.22. The van der Waals surface area contributed by atoms with Crippen molar-refractivity contribution < 1.29 is 22.3 Å². The second-order valence-corrected chi connectivity index (χ2v) is 1.35. The Kier molecular flexibility index (Phi) is 2.90. The zero-order valence-corrected chi connectivity index (χ0v) is 4.41. The predicted molar refractivity (Wildman–Crippen MR) is 22.3 cm³/mol. The van der Waals surface area contributed by atoms with Crippen LogP contribution < -0.4 is 0 Å². The molecule has 1 atom stereocenters. The molecule has 0 amide bonds. The number of halogens is 4. The number of hydrogen-bond acceptors (Lipinski definition) is 1. The molecule has 1 radical (unpaired) electrons. The molecule has 0 spiro atoms. The first-order chi connectivity index (χ1) is 4.02. The van der Waals surface area contributed by atoms with E-state index in [9.17, 15) is 17.6 Å². The molecule has 1 nitrogen and oxygen atoms in total. The Morgan fingerprint density at radius 1 is 1.44 bits per heavy atom. The molecule has 0 aliphatic heterocycles. The summed E-state index contributed by atoms with van der Waals surface area (Å²) in [6.07, 6.45) is -7.02. The van der Waals surface area contributed by atoms with Crippen molar-refractivity contribution in [3.8, 4) is 0 Å². The second kappa shape index (κ2) is 3.00. The van der Waals surface area contributed by atoms with Gasteiger partial charge in [-0.3, -0.25) is 0 Å². The van der Waals surface area contributed by atoms with Crippen molar-refractivity contribution in [2.24, 2.45) is 0 Å². The van der Waals surface area contributed by atoms with Crippen LogP contribution in [0, 0.1) is 7.11 Å². The maximum atomic E-state index is 11.3. The fraction of sp³-hybridized carbons (Fsp3) is 0.750. The Balaban J connectivity index is 3.79. The zero-order chi connectivity index (χ0) is 7.49. The predicted octanol–water partition coefficient (Wildman–Crippen LogP) is 1.69. The van der Waals surface area contributed by atoms with Gasteiger partial charge in [0.25, 0.3) is 0 Å². The minimum Gasteiger partial charge on any atom is -0.364 e. The highest BCUT2D eigenvalue weighted by atomic mass is 19.4. The van der Waals surface area contributed by atoms with Gasteiger partial charge in [0.15, 0.2) is 6.10 Å². The third-order valence-corrected chi connectivity index (χ3v) is 0.706. The van der Waals surface area contributed by atoms with Crippen LogP contribution in [0.25, 0.3) is 0 Å². The van der Waals surface area contributed by atoms with Gasteiger partial charge >= 0.3 is 6.18 Å². The minimum absolute atomic E-state index is 1.59. The highest BCUT2D eigenvalue weighted by molar-refractivity contribution is 4.65. The van der Waals surface area contributed by atoms with E-state index >= 15 is 0 Å². The van der Waals surface area contributed by atoms with Crippen molar-refractivity contribution >= 4 is 0 Å². The van der Waals surface area contributed by atoms with Crippen molar-refractivity contribution in [2.75, 3.05) is 6.67 Å². The lowest BCUT2D eigenvalue weighted by molar-refractivity contribution is -0.210. The Hall–Kier alpha value is -0.320. The van der Waals surface area contributed by atoms with Crippen molar-refractivity contribution in [1.82, 2.24) is 0 Å². The summed E-state index contributed by atoms with van der Waals surface area (Å²) >= 11 is 0. The summed E-state index contributed by atoms with van der Waals surface area (Å²) < 4.78 is 48.7. The van der Waals surface area contributed by atoms with E-state index in [2.05, 4.69) is 11.8 Å². The van der Waals surface area contributed by atoms with E-state index in [1.807, 2.05) is 0 Å². The van der Waals surface area contributed by atoms with E-state index in [1.165, 1.54) is 0 Å². The van der Waals surface area contributed by atoms with Crippen LogP contribution in [-0.4, -0.2) is 19.0 Å². The van der Waals surface area contributed by atoms with Crippen molar-refractivity contribution in [2.45, 2.75) is 12.3 Å². The van der Waals surface area contributed by atoms with Crippen molar-refractivity contribution in [1.29, 1.82) is 0 Å². The lowest BCUT2D eigenvalue weighted by Crippen LogP contribution is -2.31. The van der Waals surface area contributed by atoms with Crippen LogP contribution in [0.3, 0.4) is 0 Å². The summed E-state index contributed by atoms with van der Waals surface area (Å²) in [6, 6.07) is 0. The zero-order valence-electron chi connectivity index (χ0n) is 4.41. The molecule has 0 aromatic carbocycles. The Morgan fingerprint density at radius 2 is 1.89 bits per heavy atom. The lowest BCUT2D eigenvalue weighted by Gasteiger charge is -2.13. The average Bonchev–Trinajstić information content (AvgIpc) is 1.65. The van der Waals surface area contributed by atoms with Gasteiger partial charge in [0.1, 0.15) is 6.67 Å². The maximum Gasteiger partial charge on any atom is 0.417 e. The van der Waals surface area contributed by atoms with Crippen LogP contribution in [-0.2, 0) is 4.74 Å². The van der Waals surface area contributed by atoms with Crippen LogP contribution in [0.2, 0.25) is 0 Å². The molecule has 0 rings (SSSR count). The van der Waals surface area contributed by atoms with Crippen LogP contribution in [0.15, 0.2) is 0 Å². The number of rotatable bonds is 2. The van der Waals surface area contributed by atoms with E-state index in [1.54, 1.807) is 0 Å². The lowest BCUT2D eigenvalue weighted by atomic mass is 10.4. The first-order valence-corrected chi connectivity index (χ1v) is 2.06. The van der Waals surface area contributed by atoms with Gasteiger partial charge in [-0.25, -0.2) is 4.39 Å². The average molecular weight is 145 g/mol. The third kappa shape index (κ3) is 2.64. The topological polar surface area (TPSA) is 9.23 Å². The van der Waals surface area contributed by atoms with Crippen molar-refractivity contribution in [3.63, 3.8) is 0 Å². The van der Waals surface area contributed by atoms with Crippen LogP contribution in [0.4, 0.5) is 17.6 Å². The summed E-state index contributed by atoms with van der Waals surface area (Å²) in [5.41, 5.74) is 0. The summed E-state index contributed by atoms with van der Waals surface area (Å²) in [5, 5.41) is 0. The first-order valence-electron chi connectivity index (χ1n) is 2.06. The molecule has 9 heavy (non-hydrogen) atoms. The number of ether oxygens (including phenoxy) is 1. The smallest absolute Gasteiger partial charge is 0.364 e. The van der Waals surface area contributed by atoms with Crippen LogP contribution in [0.1, 0.15) is 0 Å². The standard InChI is InChI=1S/C4H5F4O/c1-9-3(2-5)4(6,7)8/h3H,1-2H2. The number of hydrogen-bond donors (Lipinski definition) is 0. The fourth-order valence-corrected chi connectivity index (χ4v) is 0.227. The van der Waals surface area contributed by atoms with Crippen molar-refractivity contribution in [3.05, 3.63) is 7.11 Å².